The van der Waals surface area contributed by atoms with Crippen molar-refractivity contribution in [3.05, 3.63) is 137 Å². The van der Waals surface area contributed by atoms with Gasteiger partial charge in [-0.15, -0.1) is 11.8 Å². The van der Waals surface area contributed by atoms with Crippen molar-refractivity contribution in [2.24, 2.45) is 0 Å². The predicted molar refractivity (Wildman–Crippen MR) is 126 cm³/mol. The summed E-state index contributed by atoms with van der Waals surface area (Å²) in [6.07, 6.45) is 0. The molecule has 2 heteroatoms. The van der Waals surface area contributed by atoms with Gasteiger partial charge >= 0.3 is 0 Å². The van der Waals surface area contributed by atoms with Crippen molar-refractivity contribution in [3.8, 4) is 5.75 Å². The minimum atomic E-state index is -0.197. The van der Waals surface area contributed by atoms with Crippen LogP contribution in [-0.2, 0) is 9.49 Å². The summed E-state index contributed by atoms with van der Waals surface area (Å²) in [7, 11) is 1.72. The molecule has 1 aliphatic rings. The van der Waals surface area contributed by atoms with Gasteiger partial charge in [0.05, 0.1) is 16.6 Å². The van der Waals surface area contributed by atoms with Crippen molar-refractivity contribution in [1.29, 1.82) is 0 Å². The highest BCUT2D eigenvalue weighted by atomic mass is 32.2. The zero-order valence-electron chi connectivity index (χ0n) is 17.2. The Morgan fingerprint density at radius 3 is 1.37 bits per heavy atom. The third-order valence-corrected chi connectivity index (χ3v) is 8.04. The van der Waals surface area contributed by atoms with Gasteiger partial charge < -0.3 is 4.74 Å². The number of rotatable bonds is 5. The molecular weight excluding hydrogens is 384 g/mol. The Morgan fingerprint density at radius 1 is 0.533 bits per heavy atom. The minimum absolute atomic E-state index is 0.183. The van der Waals surface area contributed by atoms with Gasteiger partial charge in [0.25, 0.3) is 0 Å². The van der Waals surface area contributed by atoms with Crippen LogP contribution in [0.4, 0.5) is 0 Å². The van der Waals surface area contributed by atoms with Crippen LogP contribution in [0, 0.1) is 6.92 Å². The maximum atomic E-state index is 5.44. The molecule has 0 radical (unpaired) electrons. The van der Waals surface area contributed by atoms with Crippen LogP contribution in [0.1, 0.15) is 27.8 Å². The fourth-order valence-electron chi connectivity index (χ4n) is 4.55. The molecule has 0 N–H and O–H groups in total. The minimum Gasteiger partial charge on any atom is -0.497 e. The number of methoxy groups -OCH3 is 1. The summed E-state index contributed by atoms with van der Waals surface area (Å²) in [4.78, 5) is 0. The van der Waals surface area contributed by atoms with Gasteiger partial charge in [-0.2, -0.15) is 0 Å². The van der Waals surface area contributed by atoms with E-state index in [4.69, 9.17) is 4.74 Å². The first-order chi connectivity index (χ1) is 14.7. The van der Waals surface area contributed by atoms with Gasteiger partial charge in [-0.05, 0) is 41.3 Å². The van der Waals surface area contributed by atoms with Crippen LogP contribution in [0.3, 0.4) is 0 Å². The lowest BCUT2D eigenvalue weighted by atomic mass is 9.73. The molecule has 5 rings (SSSR count). The van der Waals surface area contributed by atoms with Crippen molar-refractivity contribution in [1.82, 2.24) is 0 Å². The molecule has 1 nitrogen and oxygen atoms in total. The van der Waals surface area contributed by atoms with Crippen LogP contribution in [0.5, 0.6) is 5.75 Å². The molecule has 0 unspecified atom stereocenters. The van der Waals surface area contributed by atoms with Gasteiger partial charge in [-0.1, -0.05) is 103 Å². The fraction of sp³-hybridized carbons (Fsp3) is 0.143. The molecule has 0 aromatic heterocycles. The summed E-state index contributed by atoms with van der Waals surface area (Å²) < 4.78 is 5.06. The molecule has 30 heavy (non-hydrogen) atoms. The van der Waals surface area contributed by atoms with Gasteiger partial charge in [0.2, 0.25) is 0 Å². The van der Waals surface area contributed by atoms with E-state index >= 15 is 0 Å². The first kappa shape index (κ1) is 19.0. The lowest BCUT2D eigenvalue weighted by molar-refractivity contribution is 0.414. The maximum Gasteiger partial charge on any atom is 0.118 e. The summed E-state index contributed by atoms with van der Waals surface area (Å²) in [6, 6.07) is 39.4. The summed E-state index contributed by atoms with van der Waals surface area (Å²) in [5.41, 5.74) is 6.57. The van der Waals surface area contributed by atoms with E-state index in [1.807, 2.05) is 11.8 Å². The Labute approximate surface area is 182 Å². The molecule has 1 heterocycles. The smallest absolute Gasteiger partial charge is 0.118 e. The first-order valence-electron chi connectivity index (χ1n) is 10.2. The van der Waals surface area contributed by atoms with Crippen molar-refractivity contribution < 1.29 is 4.74 Å². The third kappa shape index (κ3) is 2.79. The zero-order chi connectivity index (χ0) is 20.6. The van der Waals surface area contributed by atoms with E-state index < -0.39 is 0 Å². The molecule has 4 aromatic carbocycles. The van der Waals surface area contributed by atoms with Gasteiger partial charge in [0, 0.05) is 0 Å². The number of aryl methyl sites for hydroxylation is 1. The molecular formula is C28H24OS. The maximum absolute atomic E-state index is 5.44. The third-order valence-electron chi connectivity index (χ3n) is 6.08. The second kappa shape index (κ2) is 7.37. The summed E-state index contributed by atoms with van der Waals surface area (Å²) in [6.45, 7) is 2.15. The predicted octanol–water partition coefficient (Wildman–Crippen LogP) is 6.94. The molecule has 1 saturated heterocycles. The van der Waals surface area contributed by atoms with E-state index in [1.54, 1.807) is 7.11 Å². The number of benzene rings is 4. The Balaban J connectivity index is 1.79. The Hall–Kier alpha value is -2.97. The van der Waals surface area contributed by atoms with Crippen LogP contribution in [-0.4, -0.2) is 7.11 Å². The number of hydrogen-bond acceptors (Lipinski definition) is 2. The molecule has 0 saturated carbocycles. The highest BCUT2D eigenvalue weighted by Gasteiger charge is 2.72. The Bertz CT molecular complexity index is 1140. The average Bonchev–Trinajstić information content (AvgIpc) is 3.53. The van der Waals surface area contributed by atoms with Crippen LogP contribution in [0.2, 0.25) is 0 Å². The molecule has 1 aliphatic heterocycles. The molecule has 0 bridgehead atoms. The Kier molecular flexibility index (Phi) is 4.67. The Morgan fingerprint density at radius 2 is 0.933 bits per heavy atom. The van der Waals surface area contributed by atoms with Crippen LogP contribution in [0.25, 0.3) is 0 Å². The largest absolute Gasteiger partial charge is 0.497 e. The van der Waals surface area contributed by atoms with E-state index in [0.29, 0.717) is 0 Å². The second-order valence-corrected chi connectivity index (χ2v) is 9.22. The van der Waals surface area contributed by atoms with E-state index in [0.717, 1.165) is 5.75 Å². The molecule has 0 spiro atoms. The molecule has 0 amide bonds. The van der Waals surface area contributed by atoms with E-state index in [1.165, 1.54) is 27.8 Å². The summed E-state index contributed by atoms with van der Waals surface area (Å²) in [5, 5.41) is 0. The molecule has 4 aromatic rings. The molecule has 148 valence electrons. The van der Waals surface area contributed by atoms with Crippen LogP contribution >= 0.6 is 11.8 Å². The quantitative estimate of drug-likeness (QED) is 0.331. The van der Waals surface area contributed by atoms with Gasteiger partial charge in [0.15, 0.2) is 0 Å². The lowest BCUT2D eigenvalue weighted by Gasteiger charge is -2.26. The summed E-state index contributed by atoms with van der Waals surface area (Å²) in [5.74, 6) is 0.883. The highest BCUT2D eigenvalue weighted by Crippen LogP contribution is 2.80. The second-order valence-electron chi connectivity index (χ2n) is 7.79. The van der Waals surface area contributed by atoms with E-state index in [-0.39, 0.29) is 9.49 Å². The van der Waals surface area contributed by atoms with Gasteiger partial charge in [-0.25, -0.2) is 0 Å². The standard InChI is InChI=1S/C28H24OS/c1-21-13-15-24(16-14-21)27(22-9-5-3-6-10-22)28(30-27,23-11-7-4-8-12-23)25-17-19-26(29-2)20-18-25/h3-20H,1-2H3/t27-,28-/m0/s1. The SMILES string of the molecule is COc1ccc([C@]2(c3ccccc3)S[C@@]2(c2ccccc2)c2ccc(C)cc2)cc1. The lowest BCUT2D eigenvalue weighted by Crippen LogP contribution is -2.25. The van der Waals surface area contributed by atoms with Crippen LogP contribution in [0.15, 0.2) is 109 Å². The zero-order valence-corrected chi connectivity index (χ0v) is 18.0. The van der Waals surface area contributed by atoms with Crippen molar-refractivity contribution in [3.63, 3.8) is 0 Å². The van der Waals surface area contributed by atoms with Gasteiger partial charge in [0.1, 0.15) is 5.75 Å². The normalized spacial score (nSPS) is 22.5. The first-order valence-corrected chi connectivity index (χ1v) is 11.1. The van der Waals surface area contributed by atoms with E-state index in [9.17, 15) is 0 Å². The van der Waals surface area contributed by atoms with Crippen molar-refractivity contribution in [2.45, 2.75) is 16.4 Å². The monoisotopic (exact) mass is 408 g/mol. The van der Waals surface area contributed by atoms with Crippen molar-refractivity contribution >= 4 is 11.8 Å². The van der Waals surface area contributed by atoms with Crippen molar-refractivity contribution in [2.75, 3.05) is 7.11 Å². The summed E-state index contributed by atoms with van der Waals surface area (Å²) >= 11 is 2.02. The van der Waals surface area contributed by atoms with Gasteiger partial charge in [-0.3, -0.25) is 0 Å². The topological polar surface area (TPSA) is 9.23 Å². The fourth-order valence-corrected chi connectivity index (χ4v) is 6.44. The van der Waals surface area contributed by atoms with Crippen LogP contribution < -0.4 is 4.74 Å². The number of ether oxygens (including phenoxy) is 1. The number of thioether (sulfide) groups is 1. The van der Waals surface area contributed by atoms with E-state index in [2.05, 4.69) is 116 Å². The molecule has 1 fully saturated rings. The molecule has 0 aliphatic carbocycles. The molecule has 2 atom stereocenters. The average molecular weight is 409 g/mol. The number of hydrogen-bond donors (Lipinski definition) is 0. The highest BCUT2D eigenvalue weighted by molar-refractivity contribution is 8.09.